The van der Waals surface area contributed by atoms with Crippen molar-refractivity contribution >= 4 is 15.9 Å². The van der Waals surface area contributed by atoms with Gasteiger partial charge >= 0.3 is 0 Å². The van der Waals surface area contributed by atoms with Gasteiger partial charge in [-0.25, -0.2) is 0 Å². The molecule has 4 N–H and O–H groups in total. The Morgan fingerprint density at radius 3 is 2.69 bits per heavy atom. The summed E-state index contributed by atoms with van der Waals surface area (Å²) >= 11 is 3.27. The van der Waals surface area contributed by atoms with Crippen LogP contribution in [0.2, 0.25) is 0 Å². The van der Waals surface area contributed by atoms with Gasteiger partial charge in [0.15, 0.2) is 0 Å². The van der Waals surface area contributed by atoms with Gasteiger partial charge in [-0.15, -0.1) is 0 Å². The predicted molar refractivity (Wildman–Crippen MR) is 50.1 cm³/mol. The molecule has 0 aromatic carbocycles. The van der Waals surface area contributed by atoms with Crippen molar-refractivity contribution < 1.29 is 0 Å². The first-order valence-corrected chi connectivity index (χ1v) is 3.96. The van der Waals surface area contributed by atoms with Crippen LogP contribution in [0, 0.1) is 0 Å². The van der Waals surface area contributed by atoms with Gasteiger partial charge in [-0.3, -0.25) is 15.3 Å². The number of pyridine rings is 1. The van der Waals surface area contributed by atoms with Gasteiger partial charge in [-0.1, -0.05) is 0 Å². The maximum atomic E-state index is 4.07. The number of rotatable bonds is 1. The third-order valence-electron chi connectivity index (χ3n) is 1.28. The zero-order valence-electron chi connectivity index (χ0n) is 6.85. The maximum Gasteiger partial charge on any atom is 0.0773 e. The standard InChI is InChI=1S/C6H3BrN5.H3N/c7-4-1-2-5(8-3-4)6-9-11-12-10-6;/h1-3H;1H3/q-1;/p+1. The van der Waals surface area contributed by atoms with E-state index in [2.05, 4.69) is 41.5 Å². The fourth-order valence-electron chi connectivity index (χ4n) is 0.755. The van der Waals surface area contributed by atoms with Crippen LogP contribution in [0.1, 0.15) is 0 Å². The summed E-state index contributed by atoms with van der Waals surface area (Å²) < 4.78 is 0.915. The van der Waals surface area contributed by atoms with E-state index in [0.29, 0.717) is 11.5 Å². The highest BCUT2D eigenvalue weighted by molar-refractivity contribution is 9.10. The molecule has 0 saturated heterocycles. The minimum atomic E-state index is 0. The van der Waals surface area contributed by atoms with Crippen LogP contribution < -0.4 is 11.2 Å². The second-order valence-corrected chi connectivity index (χ2v) is 2.98. The Labute approximate surface area is 82.5 Å². The maximum absolute atomic E-state index is 4.07. The number of halogens is 1. The molecule has 2 rings (SSSR count). The molecule has 7 heteroatoms. The summed E-state index contributed by atoms with van der Waals surface area (Å²) in [5, 5.41) is 14.0. The lowest BCUT2D eigenvalue weighted by Gasteiger charge is -1.97. The van der Waals surface area contributed by atoms with Crippen LogP contribution in [0.15, 0.2) is 22.8 Å². The highest BCUT2D eigenvalue weighted by Crippen LogP contribution is 2.12. The van der Waals surface area contributed by atoms with Gasteiger partial charge in [0.25, 0.3) is 0 Å². The lowest BCUT2D eigenvalue weighted by atomic mass is 10.3. The Bertz CT molecular complexity index is 355. The number of nitrogens with zero attached hydrogens (tertiary/aromatic N) is 5. The van der Waals surface area contributed by atoms with E-state index in [4.69, 9.17) is 0 Å². The van der Waals surface area contributed by atoms with Crippen LogP contribution in [-0.4, -0.2) is 20.5 Å². The summed E-state index contributed by atoms with van der Waals surface area (Å²) in [5.41, 5.74) is 0.670. The zero-order valence-corrected chi connectivity index (χ0v) is 8.43. The molecule has 0 radical (unpaired) electrons. The van der Waals surface area contributed by atoms with Crippen LogP contribution in [0.25, 0.3) is 11.5 Å². The van der Waals surface area contributed by atoms with Crippen molar-refractivity contribution in [1.82, 2.24) is 31.8 Å². The van der Waals surface area contributed by atoms with Gasteiger partial charge in [0.2, 0.25) is 0 Å². The van der Waals surface area contributed by atoms with Crippen LogP contribution in [-0.2, 0) is 0 Å². The Morgan fingerprint density at radius 2 is 2.15 bits per heavy atom. The van der Waals surface area contributed by atoms with E-state index < -0.39 is 0 Å². The molecule has 0 saturated carbocycles. The molecule has 0 fully saturated rings. The van der Waals surface area contributed by atoms with E-state index in [9.17, 15) is 0 Å². The van der Waals surface area contributed by atoms with Crippen LogP contribution in [0.3, 0.4) is 0 Å². The summed E-state index contributed by atoms with van der Waals surface area (Å²) in [7, 11) is 0. The van der Waals surface area contributed by atoms with Gasteiger partial charge in [0, 0.05) is 10.7 Å². The Balaban J connectivity index is 0.000000845. The second-order valence-electron chi connectivity index (χ2n) is 2.06. The molecule has 0 spiro atoms. The average molecular weight is 243 g/mol. The van der Waals surface area contributed by atoms with Crippen molar-refractivity contribution in [3.05, 3.63) is 22.8 Å². The quantitative estimate of drug-likeness (QED) is 0.805. The monoisotopic (exact) mass is 242 g/mol. The Hall–Kier alpha value is -1.34. The molecule has 0 unspecified atom stereocenters. The van der Waals surface area contributed by atoms with Gasteiger partial charge in [-0.05, 0) is 28.1 Å². The summed E-state index contributed by atoms with van der Waals surface area (Å²) in [5.74, 6) is 0.447. The molecule has 68 valence electrons. The molecule has 2 aromatic heterocycles. The highest BCUT2D eigenvalue weighted by atomic mass is 79.9. The Kier molecular flexibility index (Phi) is 3.04. The largest absolute Gasteiger partial charge is 0.369 e. The van der Waals surface area contributed by atoms with Crippen molar-refractivity contribution in [1.29, 1.82) is 0 Å². The minimum Gasteiger partial charge on any atom is -0.369 e. The first-order chi connectivity index (χ1) is 5.86. The second kappa shape index (κ2) is 4.06. The van der Waals surface area contributed by atoms with Crippen LogP contribution in [0.4, 0.5) is 0 Å². The number of hydrogen-bond donors (Lipinski definition) is 1. The lowest BCUT2D eigenvalue weighted by molar-refractivity contribution is 0.871. The molecule has 0 bridgehead atoms. The topological polar surface area (TPSA) is 102 Å². The van der Waals surface area contributed by atoms with E-state index in [1.54, 1.807) is 12.3 Å². The molecule has 13 heavy (non-hydrogen) atoms. The van der Waals surface area contributed by atoms with Gasteiger partial charge in [-0.2, -0.15) is 5.21 Å². The molecule has 0 amide bonds. The number of quaternary nitrogens is 1. The molecule has 2 aromatic rings. The van der Waals surface area contributed by atoms with Crippen LogP contribution >= 0.6 is 15.9 Å². The summed E-state index contributed by atoms with van der Waals surface area (Å²) in [6.07, 6.45) is 1.67. The molecule has 0 aliphatic heterocycles. The van der Waals surface area contributed by atoms with Gasteiger partial charge in [0.1, 0.15) is 0 Å². The summed E-state index contributed by atoms with van der Waals surface area (Å²) in [4.78, 5) is 4.07. The molecule has 0 atom stereocenters. The van der Waals surface area contributed by atoms with E-state index in [-0.39, 0.29) is 6.15 Å². The normalized spacial score (nSPS) is 9.31. The third-order valence-corrected chi connectivity index (χ3v) is 1.74. The van der Waals surface area contributed by atoms with Gasteiger partial charge in [0.05, 0.1) is 11.5 Å². The molecule has 2 heterocycles. The van der Waals surface area contributed by atoms with E-state index in [1.165, 1.54) is 0 Å². The number of tetrazole rings is 1. The zero-order chi connectivity index (χ0) is 8.39. The first kappa shape index (κ1) is 9.75. The minimum absolute atomic E-state index is 0. The number of aromatic nitrogens is 5. The van der Waals surface area contributed by atoms with Gasteiger partial charge < -0.3 is 11.2 Å². The van der Waals surface area contributed by atoms with Crippen molar-refractivity contribution in [2.75, 3.05) is 0 Å². The Morgan fingerprint density at radius 1 is 1.31 bits per heavy atom. The smallest absolute Gasteiger partial charge is 0.0773 e. The molecule has 0 aliphatic rings. The SMILES string of the molecule is Brc1ccc(-c2nnn[n-]2)nc1.[NH4+]. The summed E-state index contributed by atoms with van der Waals surface area (Å²) in [6.45, 7) is 0. The van der Waals surface area contributed by atoms with E-state index in [0.717, 1.165) is 4.47 Å². The molecule has 6 nitrogen and oxygen atoms in total. The van der Waals surface area contributed by atoms with Crippen molar-refractivity contribution in [3.8, 4) is 11.5 Å². The highest BCUT2D eigenvalue weighted by Gasteiger charge is 1.94. The average Bonchev–Trinajstić information content (AvgIpc) is 2.58. The molecular weight excluding hydrogens is 236 g/mol. The van der Waals surface area contributed by atoms with Crippen molar-refractivity contribution in [2.24, 2.45) is 0 Å². The third kappa shape index (κ3) is 2.07. The van der Waals surface area contributed by atoms with Crippen molar-refractivity contribution in [3.63, 3.8) is 0 Å². The molecule has 0 aliphatic carbocycles. The first-order valence-electron chi connectivity index (χ1n) is 3.17. The molecular formula is C6H7BrN6. The van der Waals surface area contributed by atoms with E-state index in [1.807, 2.05) is 6.07 Å². The predicted octanol–water partition coefficient (Wildman–Crippen LogP) is 1.03. The van der Waals surface area contributed by atoms with E-state index >= 15 is 0 Å². The number of hydrogen-bond acceptors (Lipinski definition) is 4. The lowest BCUT2D eigenvalue weighted by Crippen LogP contribution is -1.86. The van der Waals surface area contributed by atoms with Crippen LogP contribution in [0.5, 0.6) is 0 Å². The van der Waals surface area contributed by atoms with Crippen molar-refractivity contribution in [2.45, 2.75) is 0 Å². The summed E-state index contributed by atoms with van der Waals surface area (Å²) in [6, 6.07) is 3.65. The fourth-order valence-corrected chi connectivity index (χ4v) is 0.990. The fraction of sp³-hybridized carbons (Fsp3) is 0.